The van der Waals surface area contributed by atoms with Gasteiger partial charge in [-0.3, -0.25) is 4.79 Å². The first-order chi connectivity index (χ1) is 13.6. The van der Waals surface area contributed by atoms with E-state index in [-0.39, 0.29) is 23.9 Å². The summed E-state index contributed by atoms with van der Waals surface area (Å²) in [6, 6.07) is 16.2. The van der Waals surface area contributed by atoms with Gasteiger partial charge in [0.2, 0.25) is 15.9 Å². The first-order valence-corrected chi connectivity index (χ1v) is 12.0. The SMILES string of the molecule is Cc1cccc(-c2cccc(C[C@H]3[C@@H](NS(C)(=O)=O)CCN3C(=O)C(C)C)c2)c1. The van der Waals surface area contributed by atoms with Crippen LogP contribution >= 0.6 is 0 Å². The molecule has 1 heterocycles. The number of hydrogen-bond donors (Lipinski definition) is 1. The van der Waals surface area contributed by atoms with Gasteiger partial charge in [-0.2, -0.15) is 0 Å². The summed E-state index contributed by atoms with van der Waals surface area (Å²) in [5, 5.41) is 0. The van der Waals surface area contributed by atoms with Crippen molar-refractivity contribution in [2.24, 2.45) is 5.92 Å². The Morgan fingerprint density at radius 1 is 1.14 bits per heavy atom. The summed E-state index contributed by atoms with van der Waals surface area (Å²) >= 11 is 0. The number of nitrogens with one attached hydrogen (secondary N) is 1. The lowest BCUT2D eigenvalue weighted by atomic mass is 9.96. The van der Waals surface area contributed by atoms with Gasteiger partial charge in [0.05, 0.1) is 12.3 Å². The molecule has 0 unspecified atom stereocenters. The lowest BCUT2D eigenvalue weighted by Crippen LogP contribution is -2.48. The average Bonchev–Trinajstić information content (AvgIpc) is 3.01. The highest BCUT2D eigenvalue weighted by atomic mass is 32.2. The molecule has 3 rings (SSSR count). The number of carbonyl (C=O) groups is 1. The summed E-state index contributed by atoms with van der Waals surface area (Å²) in [7, 11) is -3.35. The number of rotatable bonds is 6. The molecule has 1 aliphatic heterocycles. The molecule has 29 heavy (non-hydrogen) atoms. The van der Waals surface area contributed by atoms with E-state index in [4.69, 9.17) is 0 Å². The second-order valence-electron chi connectivity index (χ2n) is 8.31. The minimum absolute atomic E-state index is 0.0719. The fourth-order valence-corrected chi connectivity index (χ4v) is 4.89. The molecule has 0 aromatic heterocycles. The number of aryl methyl sites for hydroxylation is 1. The molecular formula is C23H30N2O3S. The van der Waals surface area contributed by atoms with Crippen LogP contribution in [0.15, 0.2) is 48.5 Å². The van der Waals surface area contributed by atoms with Gasteiger partial charge in [-0.15, -0.1) is 0 Å². The molecule has 1 saturated heterocycles. The summed E-state index contributed by atoms with van der Waals surface area (Å²) in [6.45, 7) is 6.42. The Morgan fingerprint density at radius 3 is 2.41 bits per heavy atom. The number of benzene rings is 2. The normalized spacial score (nSPS) is 19.7. The van der Waals surface area contributed by atoms with Crippen molar-refractivity contribution in [1.29, 1.82) is 0 Å². The van der Waals surface area contributed by atoms with E-state index in [1.165, 1.54) is 11.8 Å². The number of hydrogen-bond acceptors (Lipinski definition) is 3. The highest BCUT2D eigenvalue weighted by Crippen LogP contribution is 2.27. The fourth-order valence-electron chi connectivity index (χ4n) is 4.07. The van der Waals surface area contributed by atoms with E-state index in [1.54, 1.807) is 0 Å². The van der Waals surface area contributed by atoms with Gasteiger partial charge in [-0.05, 0) is 36.5 Å². The molecule has 6 heteroatoms. The van der Waals surface area contributed by atoms with E-state index in [0.717, 1.165) is 16.7 Å². The van der Waals surface area contributed by atoms with E-state index >= 15 is 0 Å². The Kier molecular flexibility index (Phi) is 6.44. The third-order valence-corrected chi connectivity index (χ3v) is 6.14. The summed E-state index contributed by atoms with van der Waals surface area (Å²) in [6.07, 6.45) is 2.43. The van der Waals surface area contributed by atoms with E-state index in [2.05, 4.69) is 42.0 Å². The molecule has 2 aromatic carbocycles. The van der Waals surface area contributed by atoms with Crippen LogP contribution in [0.2, 0.25) is 0 Å². The van der Waals surface area contributed by atoms with Gasteiger partial charge in [0.25, 0.3) is 0 Å². The molecule has 156 valence electrons. The zero-order valence-electron chi connectivity index (χ0n) is 17.6. The van der Waals surface area contributed by atoms with Gasteiger partial charge in [-0.1, -0.05) is 67.9 Å². The zero-order valence-corrected chi connectivity index (χ0v) is 18.4. The number of nitrogens with zero attached hydrogens (tertiary/aromatic N) is 1. The number of sulfonamides is 1. The van der Waals surface area contributed by atoms with E-state index in [0.29, 0.717) is 19.4 Å². The van der Waals surface area contributed by atoms with Crippen LogP contribution in [0.4, 0.5) is 0 Å². The standard InChI is InChI=1S/C23H30N2O3S/c1-16(2)23(26)25-12-11-21(24-29(4,27)28)22(25)15-18-8-6-10-20(14-18)19-9-5-7-17(3)13-19/h5-10,13-14,16,21-22,24H,11-12,15H2,1-4H3/t21-,22-/m0/s1. The fraction of sp³-hybridized carbons (Fsp3) is 0.435. The molecule has 5 nitrogen and oxygen atoms in total. The van der Waals surface area contributed by atoms with Gasteiger partial charge >= 0.3 is 0 Å². The lowest BCUT2D eigenvalue weighted by molar-refractivity contribution is -0.135. The van der Waals surface area contributed by atoms with Gasteiger partial charge < -0.3 is 4.90 Å². The molecule has 1 aliphatic rings. The molecule has 1 amide bonds. The van der Waals surface area contributed by atoms with Gasteiger partial charge in [0.1, 0.15) is 0 Å². The number of amides is 1. The molecule has 0 spiro atoms. The average molecular weight is 415 g/mol. The quantitative estimate of drug-likeness (QED) is 0.788. The highest BCUT2D eigenvalue weighted by Gasteiger charge is 2.38. The number of carbonyl (C=O) groups excluding carboxylic acids is 1. The minimum Gasteiger partial charge on any atom is -0.337 e. The molecule has 2 atom stereocenters. The van der Waals surface area contributed by atoms with Crippen molar-refractivity contribution < 1.29 is 13.2 Å². The summed E-state index contributed by atoms with van der Waals surface area (Å²) < 4.78 is 26.4. The topological polar surface area (TPSA) is 66.5 Å². The van der Waals surface area contributed by atoms with Crippen molar-refractivity contribution in [2.75, 3.05) is 12.8 Å². The van der Waals surface area contributed by atoms with Crippen LogP contribution in [0.3, 0.4) is 0 Å². The Morgan fingerprint density at radius 2 is 1.79 bits per heavy atom. The maximum absolute atomic E-state index is 12.7. The predicted octanol–water partition coefficient (Wildman–Crippen LogP) is 3.38. The van der Waals surface area contributed by atoms with Crippen LogP contribution in [0, 0.1) is 12.8 Å². The maximum Gasteiger partial charge on any atom is 0.225 e. The van der Waals surface area contributed by atoms with Crippen LogP contribution in [-0.2, 0) is 21.2 Å². The Balaban J connectivity index is 1.89. The minimum atomic E-state index is -3.35. The first kappa shape index (κ1) is 21.5. The summed E-state index contributed by atoms with van der Waals surface area (Å²) in [5.74, 6) is -0.0456. The van der Waals surface area contributed by atoms with E-state index in [9.17, 15) is 13.2 Å². The number of likely N-dealkylation sites (tertiary alicyclic amines) is 1. The first-order valence-electron chi connectivity index (χ1n) is 10.1. The lowest BCUT2D eigenvalue weighted by Gasteiger charge is -2.30. The third-order valence-electron chi connectivity index (χ3n) is 5.41. The maximum atomic E-state index is 12.7. The third kappa shape index (κ3) is 5.46. The Bertz CT molecular complexity index is 985. The monoisotopic (exact) mass is 414 g/mol. The molecule has 1 fully saturated rings. The molecule has 0 saturated carbocycles. The second kappa shape index (κ2) is 8.67. The zero-order chi connectivity index (χ0) is 21.2. The van der Waals surface area contributed by atoms with Gasteiger partial charge in [0, 0.05) is 18.5 Å². The predicted molar refractivity (Wildman–Crippen MR) is 117 cm³/mol. The Labute approximate surface area is 174 Å². The van der Waals surface area contributed by atoms with Crippen molar-refractivity contribution in [3.05, 3.63) is 59.7 Å². The van der Waals surface area contributed by atoms with E-state index < -0.39 is 10.0 Å². The van der Waals surface area contributed by atoms with Crippen LogP contribution in [-0.4, -0.2) is 44.1 Å². The van der Waals surface area contributed by atoms with Crippen LogP contribution in [0.5, 0.6) is 0 Å². The molecule has 0 aliphatic carbocycles. The summed E-state index contributed by atoms with van der Waals surface area (Å²) in [5.41, 5.74) is 4.57. The summed E-state index contributed by atoms with van der Waals surface area (Å²) in [4.78, 5) is 14.6. The Hall–Kier alpha value is -2.18. The van der Waals surface area contributed by atoms with Crippen molar-refractivity contribution in [2.45, 2.75) is 45.7 Å². The van der Waals surface area contributed by atoms with Crippen molar-refractivity contribution in [3.8, 4) is 11.1 Å². The molecule has 0 bridgehead atoms. The van der Waals surface area contributed by atoms with E-state index in [1.807, 2.05) is 36.9 Å². The van der Waals surface area contributed by atoms with Crippen molar-refractivity contribution in [1.82, 2.24) is 9.62 Å². The molecule has 0 radical (unpaired) electrons. The molecular weight excluding hydrogens is 384 g/mol. The van der Waals surface area contributed by atoms with Crippen LogP contribution < -0.4 is 4.72 Å². The second-order valence-corrected chi connectivity index (χ2v) is 10.1. The smallest absolute Gasteiger partial charge is 0.225 e. The van der Waals surface area contributed by atoms with Crippen LogP contribution in [0.25, 0.3) is 11.1 Å². The van der Waals surface area contributed by atoms with Gasteiger partial charge in [-0.25, -0.2) is 13.1 Å². The van der Waals surface area contributed by atoms with Crippen molar-refractivity contribution in [3.63, 3.8) is 0 Å². The molecule has 2 aromatic rings. The van der Waals surface area contributed by atoms with Crippen LogP contribution in [0.1, 0.15) is 31.4 Å². The highest BCUT2D eigenvalue weighted by molar-refractivity contribution is 7.88. The van der Waals surface area contributed by atoms with Crippen molar-refractivity contribution >= 4 is 15.9 Å². The molecule has 1 N–H and O–H groups in total. The largest absolute Gasteiger partial charge is 0.337 e. The van der Waals surface area contributed by atoms with Gasteiger partial charge in [0.15, 0.2) is 0 Å².